The van der Waals surface area contributed by atoms with E-state index in [1.54, 1.807) is 13.8 Å². The molecule has 0 aliphatic rings. The Bertz CT molecular complexity index is 449. The van der Waals surface area contributed by atoms with Crippen LogP contribution >= 0.6 is 7.82 Å². The predicted octanol–water partition coefficient (Wildman–Crippen LogP) is 4.40. The van der Waals surface area contributed by atoms with E-state index in [1.165, 1.54) is 12.1 Å². The Kier molecular flexibility index (Phi) is 6.20. The van der Waals surface area contributed by atoms with E-state index in [2.05, 4.69) is 0 Å². The van der Waals surface area contributed by atoms with Gasteiger partial charge < -0.3 is 0 Å². The number of rotatable bonds is 7. The maximum absolute atomic E-state index is 12.4. The van der Waals surface area contributed by atoms with Crippen molar-refractivity contribution in [2.75, 3.05) is 13.2 Å². The van der Waals surface area contributed by atoms with E-state index in [0.29, 0.717) is 5.56 Å². The highest BCUT2D eigenvalue weighted by Crippen LogP contribution is 2.49. The lowest BCUT2D eigenvalue weighted by atomic mass is 10.1. The van der Waals surface area contributed by atoms with Gasteiger partial charge in [0, 0.05) is 0 Å². The summed E-state index contributed by atoms with van der Waals surface area (Å²) in [5, 5.41) is 0. The summed E-state index contributed by atoms with van der Waals surface area (Å²) in [4.78, 5) is 0. The first-order valence-corrected chi connectivity index (χ1v) is 7.46. The van der Waals surface area contributed by atoms with E-state index in [-0.39, 0.29) is 19.8 Å². The molecule has 0 heterocycles. The summed E-state index contributed by atoms with van der Waals surface area (Å²) in [5.41, 5.74) is -0.309. The maximum atomic E-state index is 12.4. The first-order chi connectivity index (χ1) is 9.30. The Morgan fingerprint density at radius 3 is 1.90 bits per heavy atom. The van der Waals surface area contributed by atoms with Crippen molar-refractivity contribution in [2.45, 2.75) is 26.6 Å². The molecule has 0 spiro atoms. The van der Waals surface area contributed by atoms with Crippen LogP contribution in [0.2, 0.25) is 0 Å². The van der Waals surface area contributed by atoms with E-state index >= 15 is 0 Å². The van der Waals surface area contributed by atoms with Crippen LogP contribution in [0.1, 0.15) is 25.0 Å². The molecule has 0 unspecified atom stereocenters. The van der Waals surface area contributed by atoms with Crippen molar-refractivity contribution in [2.24, 2.45) is 0 Å². The number of hydrogen-bond donors (Lipinski definition) is 0. The molecular weight excluding hydrogens is 296 g/mol. The van der Waals surface area contributed by atoms with Crippen LogP contribution in [0.3, 0.4) is 0 Å². The molecule has 0 radical (unpaired) electrons. The van der Waals surface area contributed by atoms with Crippen LogP contribution in [0.15, 0.2) is 24.3 Å². The monoisotopic (exact) mass is 312 g/mol. The Labute approximate surface area is 115 Å². The van der Waals surface area contributed by atoms with Crippen molar-refractivity contribution in [3.8, 4) is 0 Å². The van der Waals surface area contributed by atoms with Crippen LogP contribution < -0.4 is 0 Å². The van der Waals surface area contributed by atoms with Gasteiger partial charge in [-0.2, -0.15) is 13.2 Å². The van der Waals surface area contributed by atoms with Crippen LogP contribution in [0, 0.1) is 0 Å². The molecule has 0 bridgehead atoms. The molecule has 0 N–H and O–H groups in total. The molecule has 0 amide bonds. The molecule has 1 rings (SSSR count). The summed E-state index contributed by atoms with van der Waals surface area (Å²) in [6, 6.07) is 4.38. The third-order valence-corrected chi connectivity index (χ3v) is 3.84. The summed E-state index contributed by atoms with van der Waals surface area (Å²) in [5.74, 6) is 0. The lowest BCUT2D eigenvalue weighted by Gasteiger charge is -2.16. The number of hydrogen-bond acceptors (Lipinski definition) is 4. The van der Waals surface area contributed by atoms with Gasteiger partial charge >= 0.3 is 14.0 Å². The summed E-state index contributed by atoms with van der Waals surface area (Å²) in [7, 11) is -3.65. The summed E-state index contributed by atoms with van der Waals surface area (Å²) >= 11 is 0. The quantitative estimate of drug-likeness (QED) is 0.700. The summed E-state index contributed by atoms with van der Waals surface area (Å²) in [6.45, 7) is 3.39. The highest BCUT2D eigenvalue weighted by atomic mass is 31.2. The molecule has 114 valence electrons. The minimum absolute atomic E-state index is 0.143. The van der Waals surface area contributed by atoms with Crippen molar-refractivity contribution in [1.29, 1.82) is 0 Å². The van der Waals surface area contributed by atoms with E-state index < -0.39 is 19.6 Å². The van der Waals surface area contributed by atoms with Gasteiger partial charge in [-0.15, -0.1) is 0 Å². The third kappa shape index (κ3) is 5.25. The maximum Gasteiger partial charge on any atom is 0.475 e. The van der Waals surface area contributed by atoms with Gasteiger partial charge in [0.1, 0.15) is 0 Å². The molecule has 1 aromatic rings. The molecule has 0 saturated heterocycles. The second-order valence-corrected chi connectivity index (χ2v) is 5.42. The van der Waals surface area contributed by atoms with Gasteiger partial charge in [0.15, 0.2) is 0 Å². The molecule has 0 aromatic heterocycles. The molecule has 0 fully saturated rings. The van der Waals surface area contributed by atoms with E-state index in [1.807, 2.05) is 0 Å². The number of alkyl halides is 3. The van der Waals surface area contributed by atoms with Gasteiger partial charge in [0.05, 0.1) is 25.4 Å². The van der Waals surface area contributed by atoms with Crippen LogP contribution in [0.25, 0.3) is 0 Å². The normalized spacial score (nSPS) is 12.7. The number of phosphoric acid groups is 1. The van der Waals surface area contributed by atoms with Crippen LogP contribution in [-0.4, -0.2) is 13.2 Å². The van der Waals surface area contributed by atoms with Gasteiger partial charge in [-0.25, -0.2) is 4.57 Å². The average Bonchev–Trinajstić information content (AvgIpc) is 2.37. The molecule has 0 aliphatic heterocycles. The van der Waals surface area contributed by atoms with Gasteiger partial charge in [0.25, 0.3) is 0 Å². The molecule has 0 atom stereocenters. The number of benzene rings is 1. The second kappa shape index (κ2) is 7.22. The molecule has 20 heavy (non-hydrogen) atoms. The lowest BCUT2D eigenvalue weighted by Crippen LogP contribution is -2.05. The number of phosphoric ester groups is 1. The first-order valence-electron chi connectivity index (χ1n) is 6.00. The molecule has 0 aliphatic carbocycles. The highest BCUT2D eigenvalue weighted by Gasteiger charge is 2.30. The molecule has 4 nitrogen and oxygen atoms in total. The van der Waals surface area contributed by atoms with Gasteiger partial charge in [0.2, 0.25) is 0 Å². The van der Waals surface area contributed by atoms with Crippen molar-refractivity contribution >= 4 is 7.82 Å². The van der Waals surface area contributed by atoms with Crippen molar-refractivity contribution in [3.05, 3.63) is 35.4 Å². The Morgan fingerprint density at radius 2 is 1.50 bits per heavy atom. The highest BCUT2D eigenvalue weighted by molar-refractivity contribution is 7.48. The Hall–Kier alpha value is -0.880. The fraction of sp³-hybridized carbons (Fsp3) is 0.500. The third-order valence-electron chi connectivity index (χ3n) is 2.25. The average molecular weight is 312 g/mol. The zero-order valence-electron chi connectivity index (χ0n) is 11.1. The summed E-state index contributed by atoms with van der Waals surface area (Å²) in [6.07, 6.45) is -4.38. The minimum Gasteiger partial charge on any atom is -0.287 e. The summed E-state index contributed by atoms with van der Waals surface area (Å²) < 4.78 is 64.0. The lowest BCUT2D eigenvalue weighted by molar-refractivity contribution is -0.137. The van der Waals surface area contributed by atoms with Crippen molar-refractivity contribution < 1.29 is 31.3 Å². The van der Waals surface area contributed by atoms with Gasteiger partial charge in [-0.05, 0) is 31.5 Å². The first kappa shape index (κ1) is 17.2. The smallest absolute Gasteiger partial charge is 0.287 e. The molecule has 1 aromatic carbocycles. The standard InChI is InChI=1S/C12H16F3O4P/c1-3-17-20(16,18-4-2)19-9-10-5-7-11(8-6-10)12(13,14)15/h5-8H,3-4,9H2,1-2H3. The SMILES string of the molecule is CCOP(=O)(OCC)OCc1ccc(C(F)(F)F)cc1. The largest absolute Gasteiger partial charge is 0.475 e. The van der Waals surface area contributed by atoms with Crippen molar-refractivity contribution in [3.63, 3.8) is 0 Å². The van der Waals surface area contributed by atoms with E-state index in [0.717, 1.165) is 12.1 Å². The fourth-order valence-corrected chi connectivity index (χ4v) is 2.53. The topological polar surface area (TPSA) is 44.8 Å². The Morgan fingerprint density at radius 1 is 1.00 bits per heavy atom. The fourth-order valence-electron chi connectivity index (χ4n) is 1.37. The van der Waals surface area contributed by atoms with Crippen molar-refractivity contribution in [1.82, 2.24) is 0 Å². The van der Waals surface area contributed by atoms with E-state index in [9.17, 15) is 17.7 Å². The Balaban J connectivity index is 2.67. The van der Waals surface area contributed by atoms with Crippen LogP contribution in [0.4, 0.5) is 13.2 Å². The predicted molar refractivity (Wildman–Crippen MR) is 67.1 cm³/mol. The van der Waals surface area contributed by atoms with Crippen LogP contribution in [0.5, 0.6) is 0 Å². The second-order valence-electron chi connectivity index (χ2n) is 3.75. The molecular formula is C12H16F3O4P. The minimum atomic E-state index is -4.38. The zero-order valence-corrected chi connectivity index (χ0v) is 12.0. The van der Waals surface area contributed by atoms with E-state index in [4.69, 9.17) is 13.6 Å². The van der Waals surface area contributed by atoms with Gasteiger partial charge in [-0.3, -0.25) is 13.6 Å². The molecule has 0 saturated carbocycles. The van der Waals surface area contributed by atoms with Gasteiger partial charge in [-0.1, -0.05) is 12.1 Å². The molecule has 8 heteroatoms. The zero-order chi connectivity index (χ0) is 15.2. The number of halogens is 3. The van der Waals surface area contributed by atoms with Crippen LogP contribution in [-0.2, 0) is 30.9 Å².